The Hall–Kier alpha value is -0.330. The van der Waals surface area contributed by atoms with Crippen LogP contribution in [0.4, 0.5) is 13.2 Å². The number of rotatable bonds is 9. The molecule has 0 aliphatic carbocycles. The number of nitrogens with one attached hydrogen (secondary N) is 1. The molecule has 18 heavy (non-hydrogen) atoms. The van der Waals surface area contributed by atoms with E-state index in [-0.39, 0.29) is 12.6 Å². The third-order valence-electron chi connectivity index (χ3n) is 2.50. The van der Waals surface area contributed by atoms with E-state index in [1.54, 1.807) is 0 Å². The molecule has 0 bridgehead atoms. The second-order valence-electron chi connectivity index (χ2n) is 5.02. The maximum absolute atomic E-state index is 11.8. The van der Waals surface area contributed by atoms with Crippen molar-refractivity contribution >= 4 is 0 Å². The van der Waals surface area contributed by atoms with E-state index in [1.165, 1.54) is 0 Å². The summed E-state index contributed by atoms with van der Waals surface area (Å²) in [6, 6.07) is 0.211. The summed E-state index contributed by atoms with van der Waals surface area (Å²) < 4.78 is 39.3. The summed E-state index contributed by atoms with van der Waals surface area (Å²) in [5.74, 6) is 0.575. The lowest BCUT2D eigenvalue weighted by atomic mass is 10.2. The summed E-state index contributed by atoms with van der Waals surface area (Å²) in [6.45, 7) is 10.6. The normalized spacial score (nSPS) is 13.0. The number of nitrogens with zero attached hydrogens (tertiary/aromatic N) is 1. The van der Waals surface area contributed by atoms with Gasteiger partial charge in [0.1, 0.15) is 0 Å². The number of halogens is 3. The predicted octanol–water partition coefficient (Wildman–Crippen LogP) is 2.48. The van der Waals surface area contributed by atoms with Crippen LogP contribution in [0.2, 0.25) is 0 Å². The zero-order chi connectivity index (χ0) is 14.2. The van der Waals surface area contributed by atoms with Gasteiger partial charge in [-0.25, -0.2) is 0 Å². The molecule has 0 aromatic heterocycles. The molecule has 1 N–H and O–H groups in total. The molecule has 0 heterocycles. The number of hydrogen-bond acceptors (Lipinski definition) is 3. The SMILES string of the molecule is CC(C)CNCCN(CCOC(F)(F)F)C(C)C. The molecule has 0 atom stereocenters. The molecule has 0 unspecified atom stereocenters. The van der Waals surface area contributed by atoms with Crippen LogP contribution in [0.5, 0.6) is 0 Å². The van der Waals surface area contributed by atoms with Crippen molar-refractivity contribution in [1.29, 1.82) is 0 Å². The smallest absolute Gasteiger partial charge is 0.315 e. The fourth-order valence-electron chi connectivity index (χ4n) is 1.52. The van der Waals surface area contributed by atoms with Gasteiger partial charge >= 0.3 is 6.36 Å². The molecule has 6 heteroatoms. The molecule has 3 nitrogen and oxygen atoms in total. The fraction of sp³-hybridized carbons (Fsp3) is 1.00. The molecule has 110 valence electrons. The fourth-order valence-corrected chi connectivity index (χ4v) is 1.52. The molecular weight excluding hydrogens is 245 g/mol. The summed E-state index contributed by atoms with van der Waals surface area (Å²) in [5, 5.41) is 3.27. The highest BCUT2D eigenvalue weighted by atomic mass is 19.4. The Morgan fingerprint density at radius 1 is 1.11 bits per heavy atom. The van der Waals surface area contributed by atoms with E-state index in [4.69, 9.17) is 0 Å². The van der Waals surface area contributed by atoms with Crippen LogP contribution in [0, 0.1) is 5.92 Å². The van der Waals surface area contributed by atoms with Crippen molar-refractivity contribution in [3.05, 3.63) is 0 Å². The van der Waals surface area contributed by atoms with Gasteiger partial charge in [0, 0.05) is 25.7 Å². The largest absolute Gasteiger partial charge is 0.522 e. The first-order valence-corrected chi connectivity index (χ1v) is 6.38. The van der Waals surface area contributed by atoms with E-state index in [0.717, 1.165) is 19.6 Å². The first-order chi connectivity index (χ1) is 8.22. The van der Waals surface area contributed by atoms with Crippen LogP contribution in [0.25, 0.3) is 0 Å². The summed E-state index contributed by atoms with van der Waals surface area (Å²) in [7, 11) is 0. The Labute approximate surface area is 108 Å². The Kier molecular flexibility index (Phi) is 8.56. The van der Waals surface area contributed by atoms with Gasteiger partial charge in [0.25, 0.3) is 0 Å². The maximum Gasteiger partial charge on any atom is 0.522 e. The molecule has 0 aromatic rings. The average molecular weight is 270 g/mol. The van der Waals surface area contributed by atoms with Gasteiger partial charge < -0.3 is 5.32 Å². The van der Waals surface area contributed by atoms with Gasteiger partial charge in [0.15, 0.2) is 0 Å². The van der Waals surface area contributed by atoms with Crippen LogP contribution >= 0.6 is 0 Å². The van der Waals surface area contributed by atoms with E-state index >= 15 is 0 Å². The highest BCUT2D eigenvalue weighted by Gasteiger charge is 2.29. The lowest BCUT2D eigenvalue weighted by Gasteiger charge is -2.26. The monoisotopic (exact) mass is 270 g/mol. The quantitative estimate of drug-likeness (QED) is 0.651. The van der Waals surface area contributed by atoms with Gasteiger partial charge in [-0.2, -0.15) is 0 Å². The molecule has 0 saturated carbocycles. The zero-order valence-electron chi connectivity index (χ0n) is 11.7. The highest BCUT2D eigenvalue weighted by molar-refractivity contribution is 4.64. The minimum atomic E-state index is -4.53. The first-order valence-electron chi connectivity index (χ1n) is 6.38. The van der Waals surface area contributed by atoms with Crippen molar-refractivity contribution in [3.63, 3.8) is 0 Å². The van der Waals surface area contributed by atoms with Crippen LogP contribution in [-0.4, -0.2) is 50.1 Å². The Bertz CT molecular complexity index is 208. The Balaban J connectivity index is 3.79. The van der Waals surface area contributed by atoms with E-state index < -0.39 is 6.36 Å². The lowest BCUT2D eigenvalue weighted by molar-refractivity contribution is -0.325. The molecule has 0 fully saturated rings. The first kappa shape index (κ1) is 17.7. The highest BCUT2D eigenvalue weighted by Crippen LogP contribution is 2.15. The van der Waals surface area contributed by atoms with Crippen LogP contribution in [0.1, 0.15) is 27.7 Å². The third-order valence-corrected chi connectivity index (χ3v) is 2.50. The Morgan fingerprint density at radius 3 is 2.17 bits per heavy atom. The number of ether oxygens (including phenoxy) is 1. The minimum absolute atomic E-state index is 0.211. The summed E-state index contributed by atoms with van der Waals surface area (Å²) >= 11 is 0. The van der Waals surface area contributed by atoms with Crippen molar-refractivity contribution < 1.29 is 17.9 Å². The van der Waals surface area contributed by atoms with Crippen molar-refractivity contribution in [3.8, 4) is 0 Å². The van der Waals surface area contributed by atoms with Gasteiger partial charge in [-0.1, -0.05) is 13.8 Å². The molecular formula is C12H25F3N2O. The molecule has 0 radical (unpaired) electrons. The number of hydrogen-bond donors (Lipinski definition) is 1. The molecule has 0 aliphatic rings. The molecule has 0 amide bonds. The van der Waals surface area contributed by atoms with Gasteiger partial charge in [-0.3, -0.25) is 9.64 Å². The predicted molar refractivity (Wildman–Crippen MR) is 66.4 cm³/mol. The van der Waals surface area contributed by atoms with Crippen molar-refractivity contribution in [2.45, 2.75) is 40.1 Å². The molecule has 0 aliphatic heterocycles. The van der Waals surface area contributed by atoms with Crippen LogP contribution in [0.3, 0.4) is 0 Å². The van der Waals surface area contributed by atoms with Crippen molar-refractivity contribution in [2.24, 2.45) is 5.92 Å². The lowest BCUT2D eigenvalue weighted by Crippen LogP contribution is -2.40. The summed E-state index contributed by atoms with van der Waals surface area (Å²) in [4.78, 5) is 1.97. The standard InChI is InChI=1S/C12H25F3N2O/c1-10(2)9-16-5-6-17(11(3)4)7-8-18-12(13,14)15/h10-11,16H,5-9H2,1-4H3. The van der Waals surface area contributed by atoms with Crippen LogP contribution < -0.4 is 5.32 Å². The van der Waals surface area contributed by atoms with Crippen LogP contribution in [0.15, 0.2) is 0 Å². The van der Waals surface area contributed by atoms with E-state index in [2.05, 4.69) is 23.9 Å². The number of alkyl halides is 3. The van der Waals surface area contributed by atoms with Gasteiger partial charge in [0.05, 0.1) is 6.61 Å². The van der Waals surface area contributed by atoms with Crippen molar-refractivity contribution in [1.82, 2.24) is 10.2 Å². The van der Waals surface area contributed by atoms with E-state index in [9.17, 15) is 13.2 Å². The Morgan fingerprint density at radius 2 is 1.72 bits per heavy atom. The second-order valence-corrected chi connectivity index (χ2v) is 5.02. The minimum Gasteiger partial charge on any atom is -0.315 e. The molecule has 0 saturated heterocycles. The molecule has 0 aromatic carbocycles. The molecule has 0 spiro atoms. The third kappa shape index (κ3) is 10.8. The van der Waals surface area contributed by atoms with Crippen molar-refractivity contribution in [2.75, 3.05) is 32.8 Å². The van der Waals surface area contributed by atoms with Gasteiger partial charge in [-0.05, 0) is 26.3 Å². The van der Waals surface area contributed by atoms with Gasteiger partial charge in [-0.15, -0.1) is 13.2 Å². The molecule has 0 rings (SSSR count). The van der Waals surface area contributed by atoms with Gasteiger partial charge in [0.2, 0.25) is 0 Å². The summed E-state index contributed by atoms with van der Waals surface area (Å²) in [5.41, 5.74) is 0. The van der Waals surface area contributed by atoms with Crippen LogP contribution in [-0.2, 0) is 4.74 Å². The van der Waals surface area contributed by atoms with E-state index in [0.29, 0.717) is 12.5 Å². The maximum atomic E-state index is 11.8. The second kappa shape index (κ2) is 8.72. The topological polar surface area (TPSA) is 24.5 Å². The summed E-state index contributed by atoms with van der Waals surface area (Å²) in [6.07, 6.45) is -4.53. The zero-order valence-corrected chi connectivity index (χ0v) is 11.7. The average Bonchev–Trinajstić information content (AvgIpc) is 2.19. The van der Waals surface area contributed by atoms with E-state index in [1.807, 2.05) is 18.7 Å².